The van der Waals surface area contributed by atoms with Crippen molar-refractivity contribution in [1.29, 1.82) is 0 Å². The molecule has 2 aromatic rings. The number of benzene rings is 1. The highest BCUT2D eigenvalue weighted by atomic mass is 16.5. The zero-order valence-electron chi connectivity index (χ0n) is 12.8. The summed E-state index contributed by atoms with van der Waals surface area (Å²) < 4.78 is 10.2. The van der Waals surface area contributed by atoms with Crippen LogP contribution in [0.2, 0.25) is 0 Å². The topological polar surface area (TPSA) is 51.5 Å². The number of carbonyl (C=O) groups is 1. The van der Waals surface area contributed by atoms with Crippen molar-refractivity contribution in [3.05, 3.63) is 59.0 Å². The fourth-order valence-corrected chi connectivity index (χ4v) is 2.20. The first kappa shape index (κ1) is 15.3. The van der Waals surface area contributed by atoms with Crippen LogP contribution in [-0.4, -0.2) is 13.1 Å². The molecule has 0 aliphatic rings. The van der Waals surface area contributed by atoms with Crippen molar-refractivity contribution in [2.45, 2.75) is 32.9 Å². The van der Waals surface area contributed by atoms with E-state index in [9.17, 15) is 4.79 Å². The number of rotatable bonds is 5. The molecule has 0 aliphatic heterocycles. The van der Waals surface area contributed by atoms with E-state index in [-0.39, 0.29) is 17.8 Å². The molecule has 0 saturated carbocycles. The van der Waals surface area contributed by atoms with Gasteiger partial charge in [-0.3, -0.25) is 0 Å². The number of ether oxygens (including phenoxy) is 1. The van der Waals surface area contributed by atoms with Gasteiger partial charge in [-0.1, -0.05) is 29.8 Å². The molecule has 21 heavy (non-hydrogen) atoms. The van der Waals surface area contributed by atoms with Gasteiger partial charge >= 0.3 is 5.97 Å². The van der Waals surface area contributed by atoms with Crippen LogP contribution in [0.25, 0.3) is 0 Å². The van der Waals surface area contributed by atoms with Crippen LogP contribution in [0.5, 0.6) is 0 Å². The van der Waals surface area contributed by atoms with E-state index < -0.39 is 5.97 Å². The summed E-state index contributed by atoms with van der Waals surface area (Å²) in [4.78, 5) is 11.4. The van der Waals surface area contributed by atoms with Crippen LogP contribution < -0.4 is 5.32 Å². The number of hydrogen-bond acceptors (Lipinski definition) is 4. The maximum atomic E-state index is 11.4. The summed E-state index contributed by atoms with van der Waals surface area (Å²) in [6.45, 7) is 6.18. The fourth-order valence-electron chi connectivity index (χ4n) is 2.20. The van der Waals surface area contributed by atoms with E-state index in [0.717, 1.165) is 5.76 Å². The number of hydrogen-bond donors (Lipinski definition) is 1. The van der Waals surface area contributed by atoms with Crippen LogP contribution >= 0.6 is 0 Å². The van der Waals surface area contributed by atoms with Gasteiger partial charge in [0.15, 0.2) is 0 Å². The third-order valence-corrected chi connectivity index (χ3v) is 3.52. The van der Waals surface area contributed by atoms with E-state index in [1.165, 1.54) is 18.2 Å². The van der Waals surface area contributed by atoms with Gasteiger partial charge in [0.25, 0.3) is 0 Å². The zero-order valence-corrected chi connectivity index (χ0v) is 12.8. The Labute approximate surface area is 125 Å². The first-order valence-electron chi connectivity index (χ1n) is 7.02. The van der Waals surface area contributed by atoms with Crippen molar-refractivity contribution in [2.75, 3.05) is 7.11 Å². The van der Waals surface area contributed by atoms with Gasteiger partial charge in [-0.15, -0.1) is 0 Å². The largest absolute Gasteiger partial charge is 0.463 e. The summed E-state index contributed by atoms with van der Waals surface area (Å²) in [6, 6.07) is 12.0. The lowest BCUT2D eigenvalue weighted by molar-refractivity contribution is 0.0562. The lowest BCUT2D eigenvalue weighted by atomic mass is 10.1. The molecular weight excluding hydrogens is 266 g/mol. The number of esters is 1. The van der Waals surface area contributed by atoms with Crippen LogP contribution in [0, 0.1) is 6.92 Å². The minimum absolute atomic E-state index is 0.000269. The number of nitrogens with one attached hydrogen (secondary N) is 1. The van der Waals surface area contributed by atoms with E-state index in [2.05, 4.69) is 48.2 Å². The predicted octanol–water partition coefficient (Wildman–Crippen LogP) is 3.79. The van der Waals surface area contributed by atoms with Crippen LogP contribution in [0.15, 0.2) is 40.8 Å². The molecule has 1 aromatic carbocycles. The number of furan rings is 1. The van der Waals surface area contributed by atoms with Crippen LogP contribution in [0.3, 0.4) is 0 Å². The molecule has 4 nitrogen and oxygen atoms in total. The summed E-state index contributed by atoms with van der Waals surface area (Å²) in [6.07, 6.45) is 0. The average Bonchev–Trinajstić information content (AvgIpc) is 2.97. The lowest BCUT2D eigenvalue weighted by Crippen LogP contribution is -2.22. The zero-order chi connectivity index (χ0) is 15.4. The van der Waals surface area contributed by atoms with E-state index in [4.69, 9.17) is 4.42 Å². The maximum Gasteiger partial charge on any atom is 0.373 e. The Morgan fingerprint density at radius 2 is 1.76 bits per heavy atom. The molecule has 0 saturated heterocycles. The molecule has 1 heterocycles. The lowest BCUT2D eigenvalue weighted by Gasteiger charge is -2.19. The summed E-state index contributed by atoms with van der Waals surface area (Å²) in [5.41, 5.74) is 2.46. The highest BCUT2D eigenvalue weighted by Gasteiger charge is 2.17. The predicted molar refractivity (Wildman–Crippen MR) is 81.2 cm³/mol. The molecule has 112 valence electrons. The van der Waals surface area contributed by atoms with E-state index in [1.54, 1.807) is 12.1 Å². The SMILES string of the molecule is COC(=O)c1ccc(C(C)NC(C)c2ccc(C)cc2)o1. The summed E-state index contributed by atoms with van der Waals surface area (Å²) in [7, 11) is 1.34. The quantitative estimate of drug-likeness (QED) is 0.850. The second kappa shape index (κ2) is 6.59. The highest BCUT2D eigenvalue weighted by molar-refractivity contribution is 5.86. The molecule has 0 spiro atoms. The van der Waals surface area contributed by atoms with Crippen LogP contribution in [0.1, 0.15) is 53.4 Å². The van der Waals surface area contributed by atoms with Crippen molar-refractivity contribution >= 4 is 5.97 Å². The van der Waals surface area contributed by atoms with Gasteiger partial charge in [-0.2, -0.15) is 0 Å². The molecule has 0 radical (unpaired) electrons. The Morgan fingerprint density at radius 3 is 2.38 bits per heavy atom. The van der Waals surface area contributed by atoms with E-state index in [1.807, 2.05) is 6.92 Å². The third kappa shape index (κ3) is 3.73. The van der Waals surface area contributed by atoms with Crippen molar-refractivity contribution in [2.24, 2.45) is 0 Å². The molecule has 1 N–H and O–H groups in total. The molecule has 0 fully saturated rings. The summed E-state index contributed by atoms with van der Waals surface area (Å²) >= 11 is 0. The summed E-state index contributed by atoms with van der Waals surface area (Å²) in [5.74, 6) is 0.485. The minimum Gasteiger partial charge on any atom is -0.463 e. The molecule has 4 heteroatoms. The highest BCUT2D eigenvalue weighted by Crippen LogP contribution is 2.21. The van der Waals surface area contributed by atoms with Gasteiger partial charge in [-0.25, -0.2) is 4.79 Å². The maximum absolute atomic E-state index is 11.4. The van der Waals surface area contributed by atoms with Gasteiger partial charge in [0, 0.05) is 6.04 Å². The molecule has 2 rings (SSSR count). The van der Waals surface area contributed by atoms with Crippen LogP contribution in [0.4, 0.5) is 0 Å². The number of carbonyl (C=O) groups excluding carboxylic acids is 1. The second-order valence-electron chi connectivity index (χ2n) is 5.21. The first-order chi connectivity index (χ1) is 10.0. The molecule has 2 atom stereocenters. The molecule has 1 aromatic heterocycles. The van der Waals surface area contributed by atoms with Crippen LogP contribution in [-0.2, 0) is 4.74 Å². The monoisotopic (exact) mass is 287 g/mol. The van der Waals surface area contributed by atoms with Crippen molar-refractivity contribution in [3.8, 4) is 0 Å². The normalized spacial score (nSPS) is 13.7. The van der Waals surface area contributed by atoms with Gasteiger partial charge in [0.2, 0.25) is 5.76 Å². The molecule has 0 aliphatic carbocycles. The Morgan fingerprint density at radius 1 is 1.10 bits per heavy atom. The number of aryl methyl sites for hydroxylation is 1. The molecule has 2 unspecified atom stereocenters. The minimum atomic E-state index is -0.458. The smallest absolute Gasteiger partial charge is 0.373 e. The Kier molecular flexibility index (Phi) is 4.81. The third-order valence-electron chi connectivity index (χ3n) is 3.52. The molecular formula is C17H21NO3. The Balaban J connectivity index is 2.03. The Bertz CT molecular complexity index is 601. The molecule has 0 bridgehead atoms. The molecule has 0 amide bonds. The Hall–Kier alpha value is -2.07. The average molecular weight is 287 g/mol. The van der Waals surface area contributed by atoms with Crippen molar-refractivity contribution in [1.82, 2.24) is 5.32 Å². The van der Waals surface area contributed by atoms with E-state index in [0.29, 0.717) is 0 Å². The van der Waals surface area contributed by atoms with Gasteiger partial charge in [0.05, 0.1) is 13.2 Å². The number of methoxy groups -OCH3 is 1. The fraction of sp³-hybridized carbons (Fsp3) is 0.353. The first-order valence-corrected chi connectivity index (χ1v) is 7.02. The van der Waals surface area contributed by atoms with Crippen molar-refractivity contribution in [3.63, 3.8) is 0 Å². The van der Waals surface area contributed by atoms with Gasteiger partial charge in [-0.05, 0) is 38.5 Å². The second-order valence-corrected chi connectivity index (χ2v) is 5.21. The summed E-state index contributed by atoms with van der Waals surface area (Å²) in [5, 5.41) is 3.46. The standard InChI is InChI=1S/C17H21NO3/c1-11-5-7-14(8-6-11)12(2)18-13(3)15-9-10-16(21-15)17(19)20-4/h5-10,12-13,18H,1-4H3. The van der Waals surface area contributed by atoms with Gasteiger partial charge in [0.1, 0.15) is 5.76 Å². The van der Waals surface area contributed by atoms with Crippen molar-refractivity contribution < 1.29 is 13.9 Å². The van der Waals surface area contributed by atoms with Gasteiger partial charge < -0.3 is 14.5 Å². The van der Waals surface area contributed by atoms with E-state index >= 15 is 0 Å².